The molecule has 0 bridgehead atoms. The van der Waals surface area contributed by atoms with E-state index in [2.05, 4.69) is 133 Å². The van der Waals surface area contributed by atoms with Gasteiger partial charge in [-0.15, -0.1) is 0 Å². The van der Waals surface area contributed by atoms with E-state index in [1.807, 2.05) is 12.1 Å². The average Bonchev–Trinajstić information content (AvgIpc) is 3.53. The zero-order chi connectivity index (χ0) is 25.9. The van der Waals surface area contributed by atoms with Gasteiger partial charge in [0.1, 0.15) is 11.2 Å². The van der Waals surface area contributed by atoms with Crippen molar-refractivity contribution in [1.29, 1.82) is 0 Å². The molecule has 39 heavy (non-hydrogen) atoms. The van der Waals surface area contributed by atoms with Gasteiger partial charge in [-0.25, -0.2) is 0 Å². The summed E-state index contributed by atoms with van der Waals surface area (Å²) in [5.74, 6) is 0. The highest BCUT2D eigenvalue weighted by molar-refractivity contribution is 6.13. The number of rotatable bonds is 3. The van der Waals surface area contributed by atoms with Gasteiger partial charge in [-0.3, -0.25) is 0 Å². The van der Waals surface area contributed by atoms with Gasteiger partial charge < -0.3 is 8.98 Å². The fraction of sp³-hybridized carbons (Fsp3) is 0.0270. The van der Waals surface area contributed by atoms with E-state index in [1.165, 1.54) is 38.5 Å². The molecule has 6 aromatic carbocycles. The summed E-state index contributed by atoms with van der Waals surface area (Å²) in [4.78, 5) is 0. The summed E-state index contributed by atoms with van der Waals surface area (Å²) in [5.41, 5.74) is 11.4. The van der Waals surface area contributed by atoms with Crippen molar-refractivity contribution in [1.82, 2.24) is 4.57 Å². The van der Waals surface area contributed by atoms with Crippen molar-refractivity contribution in [2.24, 2.45) is 0 Å². The fourth-order valence-corrected chi connectivity index (χ4v) is 5.95. The Morgan fingerprint density at radius 2 is 1.13 bits per heavy atom. The lowest BCUT2D eigenvalue weighted by molar-refractivity contribution is 0.670. The normalized spacial score (nSPS) is 11.7. The molecule has 0 aliphatic carbocycles. The number of fused-ring (bicyclic) bond motifs is 6. The first-order valence-electron chi connectivity index (χ1n) is 13.4. The van der Waals surface area contributed by atoms with Crippen LogP contribution in [0, 0.1) is 6.92 Å². The van der Waals surface area contributed by atoms with E-state index >= 15 is 0 Å². The van der Waals surface area contributed by atoms with Gasteiger partial charge in [0.25, 0.3) is 0 Å². The summed E-state index contributed by atoms with van der Waals surface area (Å²) in [5, 5.41) is 4.77. The molecule has 0 radical (unpaired) electrons. The summed E-state index contributed by atoms with van der Waals surface area (Å²) in [6, 6.07) is 47.8. The lowest BCUT2D eigenvalue weighted by Gasteiger charge is -2.08. The van der Waals surface area contributed by atoms with Gasteiger partial charge >= 0.3 is 0 Å². The third-order valence-electron chi connectivity index (χ3n) is 7.88. The first-order chi connectivity index (χ1) is 19.2. The van der Waals surface area contributed by atoms with E-state index in [0.717, 1.165) is 38.8 Å². The Bertz CT molecular complexity index is 2160. The standard InChI is InChI=1S/C37H25NO/c1-24-14-16-25(17-15-24)26-18-20-34-32(22-26)33-23-27(19-21-35(33)38(34)28-8-3-2-4-9-28)29-11-7-12-31-30-10-5-6-13-36(30)39-37(29)31/h2-23H,1H3. The Morgan fingerprint density at radius 3 is 1.92 bits per heavy atom. The molecule has 0 saturated carbocycles. The molecule has 0 N–H and O–H groups in total. The highest BCUT2D eigenvalue weighted by Gasteiger charge is 2.17. The van der Waals surface area contributed by atoms with Crippen LogP contribution in [-0.2, 0) is 0 Å². The predicted molar refractivity (Wildman–Crippen MR) is 164 cm³/mol. The summed E-state index contributed by atoms with van der Waals surface area (Å²) in [7, 11) is 0. The molecular weight excluding hydrogens is 474 g/mol. The van der Waals surface area contributed by atoms with E-state index in [-0.39, 0.29) is 0 Å². The van der Waals surface area contributed by atoms with E-state index < -0.39 is 0 Å². The fourth-order valence-electron chi connectivity index (χ4n) is 5.95. The van der Waals surface area contributed by atoms with E-state index in [4.69, 9.17) is 4.42 Å². The number of aryl methyl sites for hydroxylation is 1. The molecule has 2 nitrogen and oxygen atoms in total. The highest BCUT2D eigenvalue weighted by atomic mass is 16.3. The Hall–Kier alpha value is -5.08. The van der Waals surface area contributed by atoms with E-state index in [1.54, 1.807) is 0 Å². The largest absolute Gasteiger partial charge is 0.455 e. The molecule has 0 aliphatic heterocycles. The first-order valence-corrected chi connectivity index (χ1v) is 13.4. The Balaban J connectivity index is 1.41. The molecule has 0 saturated heterocycles. The molecule has 0 fully saturated rings. The molecule has 8 rings (SSSR count). The van der Waals surface area contributed by atoms with Crippen molar-refractivity contribution in [3.05, 3.63) is 139 Å². The minimum atomic E-state index is 0.921. The third kappa shape index (κ3) is 3.42. The molecule has 184 valence electrons. The van der Waals surface area contributed by atoms with E-state index in [9.17, 15) is 0 Å². The van der Waals surface area contributed by atoms with Crippen LogP contribution in [0.3, 0.4) is 0 Å². The van der Waals surface area contributed by atoms with Crippen LogP contribution < -0.4 is 0 Å². The van der Waals surface area contributed by atoms with Gasteiger partial charge in [0.05, 0.1) is 11.0 Å². The first kappa shape index (κ1) is 22.0. The number of hydrogen-bond donors (Lipinski definition) is 0. The number of aromatic nitrogens is 1. The topological polar surface area (TPSA) is 18.1 Å². The van der Waals surface area contributed by atoms with Crippen LogP contribution in [0.4, 0.5) is 0 Å². The van der Waals surface area contributed by atoms with Crippen molar-refractivity contribution in [2.75, 3.05) is 0 Å². The summed E-state index contributed by atoms with van der Waals surface area (Å²) in [6.07, 6.45) is 0. The lowest BCUT2D eigenvalue weighted by atomic mass is 9.99. The van der Waals surface area contributed by atoms with Gasteiger partial charge in [0.15, 0.2) is 0 Å². The number of hydrogen-bond acceptors (Lipinski definition) is 1. The Morgan fingerprint density at radius 1 is 0.487 bits per heavy atom. The Labute approximate surface area is 226 Å². The van der Waals surface area contributed by atoms with Gasteiger partial charge in [-0.05, 0) is 66.1 Å². The number of nitrogens with zero attached hydrogens (tertiary/aromatic N) is 1. The second kappa shape index (κ2) is 8.47. The number of para-hydroxylation sites is 3. The molecule has 2 heterocycles. The van der Waals surface area contributed by atoms with Crippen molar-refractivity contribution in [3.8, 4) is 27.9 Å². The van der Waals surface area contributed by atoms with Crippen LogP contribution in [0.15, 0.2) is 138 Å². The maximum absolute atomic E-state index is 6.39. The summed E-state index contributed by atoms with van der Waals surface area (Å²) >= 11 is 0. The molecule has 0 amide bonds. The molecule has 0 unspecified atom stereocenters. The molecule has 2 aromatic heterocycles. The van der Waals surface area contributed by atoms with Crippen LogP contribution in [0.25, 0.3) is 71.7 Å². The third-order valence-corrected chi connectivity index (χ3v) is 7.88. The highest BCUT2D eigenvalue weighted by Crippen LogP contribution is 2.40. The van der Waals surface area contributed by atoms with Crippen molar-refractivity contribution in [2.45, 2.75) is 6.92 Å². The average molecular weight is 500 g/mol. The quantitative estimate of drug-likeness (QED) is 0.236. The molecular formula is C37H25NO. The van der Waals surface area contributed by atoms with Gasteiger partial charge in [-0.1, -0.05) is 96.6 Å². The molecule has 0 spiro atoms. The van der Waals surface area contributed by atoms with Crippen LogP contribution in [0.1, 0.15) is 5.56 Å². The molecule has 0 aliphatic rings. The maximum atomic E-state index is 6.39. The second-order valence-corrected chi connectivity index (χ2v) is 10.3. The van der Waals surface area contributed by atoms with E-state index in [0.29, 0.717) is 0 Å². The van der Waals surface area contributed by atoms with Crippen LogP contribution in [-0.4, -0.2) is 4.57 Å². The van der Waals surface area contributed by atoms with Gasteiger partial charge in [0, 0.05) is 32.8 Å². The van der Waals surface area contributed by atoms with Gasteiger partial charge in [-0.2, -0.15) is 0 Å². The second-order valence-electron chi connectivity index (χ2n) is 10.3. The van der Waals surface area contributed by atoms with Crippen molar-refractivity contribution in [3.63, 3.8) is 0 Å². The van der Waals surface area contributed by atoms with Crippen molar-refractivity contribution < 1.29 is 4.42 Å². The zero-order valence-electron chi connectivity index (χ0n) is 21.6. The molecule has 8 aromatic rings. The Kier molecular flexibility index (Phi) is 4.77. The number of furan rings is 1. The molecule has 0 atom stereocenters. The smallest absolute Gasteiger partial charge is 0.143 e. The summed E-state index contributed by atoms with van der Waals surface area (Å²) in [6.45, 7) is 2.13. The van der Waals surface area contributed by atoms with Crippen LogP contribution in [0.2, 0.25) is 0 Å². The van der Waals surface area contributed by atoms with Gasteiger partial charge in [0.2, 0.25) is 0 Å². The predicted octanol–water partition coefficient (Wildman–Crippen LogP) is 10.3. The molecule has 2 heteroatoms. The lowest BCUT2D eigenvalue weighted by Crippen LogP contribution is -1.93. The number of benzene rings is 6. The van der Waals surface area contributed by atoms with Crippen LogP contribution in [0.5, 0.6) is 0 Å². The van der Waals surface area contributed by atoms with Crippen LogP contribution >= 0.6 is 0 Å². The minimum absolute atomic E-state index is 0.921. The maximum Gasteiger partial charge on any atom is 0.143 e. The minimum Gasteiger partial charge on any atom is -0.455 e. The zero-order valence-corrected chi connectivity index (χ0v) is 21.6. The SMILES string of the molecule is Cc1ccc(-c2ccc3c(c2)c2cc(-c4cccc5c4oc4ccccc45)ccc2n3-c2ccccc2)cc1. The summed E-state index contributed by atoms with van der Waals surface area (Å²) < 4.78 is 8.76. The monoisotopic (exact) mass is 499 g/mol. The van der Waals surface area contributed by atoms with Crippen molar-refractivity contribution >= 4 is 43.7 Å².